The van der Waals surface area contributed by atoms with E-state index < -0.39 is 0 Å². The molecule has 0 bridgehead atoms. The Balaban J connectivity index is 1.89. The molecular weight excluding hydrogens is 306 g/mol. The molecule has 4 rings (SSSR count). The van der Waals surface area contributed by atoms with Crippen LogP contribution in [-0.2, 0) is 0 Å². The third-order valence-corrected chi connectivity index (χ3v) is 3.92. The van der Waals surface area contributed by atoms with E-state index in [4.69, 9.17) is 10.5 Å². The van der Waals surface area contributed by atoms with E-state index in [1.54, 1.807) is 12.1 Å². The number of benzene rings is 2. The van der Waals surface area contributed by atoms with Gasteiger partial charge in [-0.05, 0) is 31.2 Å². The van der Waals surface area contributed by atoms with Crippen LogP contribution in [0.4, 0.5) is 5.95 Å². The van der Waals surface area contributed by atoms with Crippen LogP contribution < -0.4 is 15.8 Å². The van der Waals surface area contributed by atoms with E-state index in [1.807, 2.05) is 41.8 Å². The van der Waals surface area contributed by atoms with Crippen LogP contribution in [0.5, 0.6) is 11.5 Å². The van der Waals surface area contributed by atoms with Crippen molar-refractivity contribution in [1.29, 1.82) is 0 Å². The molecule has 4 N–H and O–H groups in total. The van der Waals surface area contributed by atoms with Crippen LogP contribution in [0.2, 0.25) is 0 Å². The van der Waals surface area contributed by atoms with Crippen molar-refractivity contribution in [3.05, 3.63) is 48.0 Å². The molecule has 0 amide bonds. The molecule has 0 unspecified atom stereocenters. The van der Waals surface area contributed by atoms with Crippen LogP contribution in [0.25, 0.3) is 11.0 Å². The molecule has 2 aromatic carbocycles. The SMILES string of the molecule is CCOc1cc([C@@H]2N=C(N)Nc3nc4ccccc4n32)ccc1O. The maximum atomic E-state index is 9.93. The molecule has 2 heterocycles. The van der Waals surface area contributed by atoms with E-state index >= 15 is 0 Å². The van der Waals surface area contributed by atoms with Crippen molar-refractivity contribution in [2.24, 2.45) is 10.7 Å². The minimum Gasteiger partial charge on any atom is -0.504 e. The number of aromatic nitrogens is 2. The first kappa shape index (κ1) is 14.4. The van der Waals surface area contributed by atoms with Crippen molar-refractivity contribution in [3.8, 4) is 11.5 Å². The largest absolute Gasteiger partial charge is 0.504 e. The van der Waals surface area contributed by atoms with Gasteiger partial charge in [-0.1, -0.05) is 18.2 Å². The summed E-state index contributed by atoms with van der Waals surface area (Å²) >= 11 is 0. The number of guanidine groups is 1. The zero-order valence-corrected chi connectivity index (χ0v) is 13.1. The van der Waals surface area contributed by atoms with Crippen molar-refractivity contribution in [3.63, 3.8) is 0 Å². The number of para-hydroxylation sites is 2. The number of hydrogen-bond donors (Lipinski definition) is 3. The molecule has 24 heavy (non-hydrogen) atoms. The van der Waals surface area contributed by atoms with Gasteiger partial charge in [-0.25, -0.2) is 9.98 Å². The molecular formula is C17H17N5O2. The fourth-order valence-electron chi connectivity index (χ4n) is 2.90. The summed E-state index contributed by atoms with van der Waals surface area (Å²) in [4.78, 5) is 9.08. The van der Waals surface area contributed by atoms with Gasteiger partial charge >= 0.3 is 0 Å². The van der Waals surface area contributed by atoms with Gasteiger partial charge in [0.05, 0.1) is 17.6 Å². The van der Waals surface area contributed by atoms with E-state index in [-0.39, 0.29) is 11.9 Å². The summed E-state index contributed by atoms with van der Waals surface area (Å²) in [5.41, 5.74) is 8.59. The average Bonchev–Trinajstić information content (AvgIpc) is 2.94. The number of phenolic OH excluding ortho intramolecular Hbond substituents is 1. The summed E-state index contributed by atoms with van der Waals surface area (Å²) in [6, 6.07) is 13.0. The number of anilines is 1. The minimum absolute atomic E-state index is 0.0993. The summed E-state index contributed by atoms with van der Waals surface area (Å²) in [5, 5.41) is 12.9. The number of imidazole rings is 1. The number of phenols is 1. The highest BCUT2D eigenvalue weighted by molar-refractivity contribution is 5.94. The van der Waals surface area contributed by atoms with Crippen molar-refractivity contribution in [2.75, 3.05) is 11.9 Å². The normalized spacial score (nSPS) is 16.4. The number of nitrogens with zero attached hydrogens (tertiary/aromatic N) is 3. The molecule has 7 nitrogen and oxygen atoms in total. The van der Waals surface area contributed by atoms with Crippen LogP contribution in [0.15, 0.2) is 47.5 Å². The Hall–Kier alpha value is -3.22. The molecule has 3 aromatic rings. The Morgan fingerprint density at radius 1 is 1.29 bits per heavy atom. The number of hydrogen-bond acceptors (Lipinski definition) is 6. The predicted octanol–water partition coefficient (Wildman–Crippen LogP) is 2.43. The maximum Gasteiger partial charge on any atom is 0.212 e. The number of fused-ring (bicyclic) bond motifs is 3. The molecule has 0 radical (unpaired) electrons. The standard InChI is InChI=1S/C17H17N5O2/c1-2-24-14-9-10(7-8-13(14)23)15-20-16(18)21-17-19-11-5-3-4-6-12(11)22(15)17/h3-9,15,23H,2H2,1H3,(H3,18,19,20,21)/t15-/m1/s1. The summed E-state index contributed by atoms with van der Waals surface area (Å²) in [6.07, 6.45) is -0.381. The van der Waals surface area contributed by atoms with Gasteiger partial charge in [0.25, 0.3) is 0 Å². The van der Waals surface area contributed by atoms with Gasteiger partial charge in [-0.15, -0.1) is 0 Å². The summed E-state index contributed by atoms with van der Waals surface area (Å²) < 4.78 is 7.46. The number of nitrogens with two attached hydrogens (primary N) is 1. The topological polar surface area (TPSA) is 97.7 Å². The van der Waals surface area contributed by atoms with E-state index in [1.165, 1.54) is 0 Å². The molecule has 1 aliphatic heterocycles. The maximum absolute atomic E-state index is 9.93. The molecule has 0 fully saturated rings. The first-order valence-electron chi connectivity index (χ1n) is 7.70. The lowest BCUT2D eigenvalue weighted by atomic mass is 10.1. The van der Waals surface area contributed by atoms with Crippen LogP contribution in [0.3, 0.4) is 0 Å². The Kier molecular flexibility index (Phi) is 3.26. The lowest BCUT2D eigenvalue weighted by Gasteiger charge is -2.24. The molecule has 7 heteroatoms. The van der Waals surface area contributed by atoms with Gasteiger partial charge in [0.15, 0.2) is 23.6 Å². The lowest BCUT2D eigenvalue weighted by molar-refractivity contribution is 0.317. The molecule has 1 aromatic heterocycles. The molecule has 0 spiro atoms. The summed E-state index contributed by atoms with van der Waals surface area (Å²) in [5.74, 6) is 1.46. The Bertz CT molecular complexity index is 947. The smallest absolute Gasteiger partial charge is 0.212 e. The van der Waals surface area contributed by atoms with E-state index in [2.05, 4.69) is 15.3 Å². The lowest BCUT2D eigenvalue weighted by Crippen LogP contribution is -2.31. The minimum atomic E-state index is -0.381. The second-order valence-electron chi connectivity index (χ2n) is 5.47. The number of aliphatic imine (C=N–C) groups is 1. The van der Waals surface area contributed by atoms with Crippen LogP contribution in [0.1, 0.15) is 18.7 Å². The molecule has 0 saturated heterocycles. The highest BCUT2D eigenvalue weighted by Crippen LogP contribution is 2.36. The molecule has 0 aliphatic carbocycles. The summed E-state index contributed by atoms with van der Waals surface area (Å²) in [7, 11) is 0. The highest BCUT2D eigenvalue weighted by atomic mass is 16.5. The second-order valence-corrected chi connectivity index (χ2v) is 5.47. The van der Waals surface area contributed by atoms with Crippen molar-refractivity contribution in [2.45, 2.75) is 13.1 Å². The molecule has 1 aliphatic rings. The number of nitrogens with one attached hydrogen (secondary N) is 1. The van der Waals surface area contributed by atoms with Gasteiger partial charge in [0.1, 0.15) is 0 Å². The van der Waals surface area contributed by atoms with Crippen molar-refractivity contribution < 1.29 is 9.84 Å². The third kappa shape index (κ3) is 2.21. The van der Waals surface area contributed by atoms with Gasteiger partial charge in [-0.2, -0.15) is 0 Å². The van der Waals surface area contributed by atoms with Gasteiger partial charge in [-0.3, -0.25) is 9.88 Å². The first-order chi connectivity index (χ1) is 11.7. The van der Waals surface area contributed by atoms with Gasteiger partial charge in [0.2, 0.25) is 5.95 Å². The van der Waals surface area contributed by atoms with Gasteiger partial charge in [0, 0.05) is 5.56 Å². The Morgan fingerprint density at radius 2 is 2.12 bits per heavy atom. The third-order valence-electron chi connectivity index (χ3n) is 3.92. The van der Waals surface area contributed by atoms with Crippen molar-refractivity contribution in [1.82, 2.24) is 9.55 Å². The fourth-order valence-corrected chi connectivity index (χ4v) is 2.90. The Morgan fingerprint density at radius 3 is 2.96 bits per heavy atom. The van der Waals surface area contributed by atoms with E-state index in [0.717, 1.165) is 16.6 Å². The van der Waals surface area contributed by atoms with Crippen LogP contribution in [-0.4, -0.2) is 27.2 Å². The highest BCUT2D eigenvalue weighted by Gasteiger charge is 2.25. The fraction of sp³-hybridized carbons (Fsp3) is 0.176. The first-order valence-corrected chi connectivity index (χ1v) is 7.70. The molecule has 0 saturated carbocycles. The van der Waals surface area contributed by atoms with E-state index in [0.29, 0.717) is 24.3 Å². The average molecular weight is 323 g/mol. The number of ether oxygens (including phenoxy) is 1. The second kappa shape index (κ2) is 5.45. The van der Waals surface area contributed by atoms with E-state index in [9.17, 15) is 5.11 Å². The monoisotopic (exact) mass is 323 g/mol. The quantitative estimate of drug-likeness (QED) is 0.688. The van der Waals surface area contributed by atoms with Crippen molar-refractivity contribution >= 4 is 22.9 Å². The summed E-state index contributed by atoms with van der Waals surface area (Å²) in [6.45, 7) is 2.34. The Labute approximate surface area is 138 Å². The van der Waals surface area contributed by atoms with Gasteiger partial charge < -0.3 is 15.6 Å². The zero-order valence-electron chi connectivity index (χ0n) is 13.1. The number of aromatic hydroxyl groups is 1. The number of rotatable bonds is 3. The van der Waals surface area contributed by atoms with Crippen LogP contribution in [0, 0.1) is 0 Å². The predicted molar refractivity (Wildman–Crippen MR) is 92.4 cm³/mol. The zero-order chi connectivity index (χ0) is 16.7. The molecule has 1 atom stereocenters. The van der Waals surface area contributed by atoms with Crippen LogP contribution >= 0.6 is 0 Å². The molecule has 122 valence electrons.